The lowest BCUT2D eigenvalue weighted by molar-refractivity contribution is -0.870. The number of nitrogens with zero attached hydrogens (tertiary/aromatic N) is 1. The molecule has 35 heavy (non-hydrogen) atoms. The molecule has 0 saturated heterocycles. The van der Waals surface area contributed by atoms with E-state index in [1.807, 2.05) is 21.1 Å². The summed E-state index contributed by atoms with van der Waals surface area (Å²) >= 11 is 0. The van der Waals surface area contributed by atoms with Gasteiger partial charge in [-0.15, -0.1) is 0 Å². The van der Waals surface area contributed by atoms with Gasteiger partial charge in [-0.05, 0) is 12.8 Å². The van der Waals surface area contributed by atoms with Crippen LogP contribution in [0.3, 0.4) is 0 Å². The minimum Gasteiger partial charge on any atom is -0.462 e. The van der Waals surface area contributed by atoms with Gasteiger partial charge in [0.1, 0.15) is 19.8 Å². The van der Waals surface area contributed by atoms with Gasteiger partial charge in [0.2, 0.25) is 0 Å². The summed E-state index contributed by atoms with van der Waals surface area (Å²) in [5.41, 5.74) is 0. The standard InChI is InChI=1S/C25H50NO8P/c1-6-8-10-12-14-16-18-25(28)34-23(21-31-24(27)17-15-13-11-9-7-2)22-33-35(29,30)32-20-19-26(3,4)5/h23H,6-22H2,1-5H3/p+1/t23-/m0/s1. The maximum Gasteiger partial charge on any atom is 0.472 e. The van der Waals surface area contributed by atoms with Crippen LogP contribution in [-0.4, -0.2) is 74.9 Å². The Morgan fingerprint density at radius 2 is 1.29 bits per heavy atom. The van der Waals surface area contributed by atoms with Crippen LogP contribution in [0.2, 0.25) is 0 Å². The number of phosphoric acid groups is 1. The van der Waals surface area contributed by atoms with Gasteiger partial charge in [0.25, 0.3) is 0 Å². The van der Waals surface area contributed by atoms with Crippen molar-refractivity contribution in [2.45, 2.75) is 103 Å². The van der Waals surface area contributed by atoms with E-state index in [4.69, 9.17) is 18.5 Å². The number of hydrogen-bond acceptors (Lipinski definition) is 7. The van der Waals surface area contributed by atoms with E-state index in [1.165, 1.54) is 6.42 Å². The van der Waals surface area contributed by atoms with Gasteiger partial charge in [-0.3, -0.25) is 18.6 Å². The number of carbonyl (C=O) groups is 2. The molecule has 0 rings (SSSR count). The van der Waals surface area contributed by atoms with Crippen molar-refractivity contribution in [1.29, 1.82) is 0 Å². The molecule has 0 aromatic carbocycles. The largest absolute Gasteiger partial charge is 0.472 e. The van der Waals surface area contributed by atoms with Crippen LogP contribution >= 0.6 is 7.82 Å². The van der Waals surface area contributed by atoms with Gasteiger partial charge in [0, 0.05) is 12.8 Å². The molecular weight excluding hydrogens is 473 g/mol. The highest BCUT2D eigenvalue weighted by atomic mass is 31.2. The zero-order valence-corrected chi connectivity index (χ0v) is 23.7. The Labute approximate surface area is 213 Å². The Morgan fingerprint density at radius 1 is 0.771 bits per heavy atom. The van der Waals surface area contributed by atoms with Crippen LogP contribution in [0.5, 0.6) is 0 Å². The molecule has 0 amide bonds. The fourth-order valence-electron chi connectivity index (χ4n) is 3.19. The van der Waals surface area contributed by atoms with Gasteiger partial charge in [0.05, 0.1) is 27.7 Å². The molecule has 0 aromatic rings. The molecule has 1 unspecified atom stereocenters. The van der Waals surface area contributed by atoms with Gasteiger partial charge in [-0.1, -0.05) is 71.6 Å². The summed E-state index contributed by atoms with van der Waals surface area (Å²) in [6.45, 7) is 4.20. The van der Waals surface area contributed by atoms with Crippen LogP contribution in [0.25, 0.3) is 0 Å². The highest BCUT2D eigenvalue weighted by molar-refractivity contribution is 7.47. The van der Waals surface area contributed by atoms with Crippen molar-refractivity contribution in [3.63, 3.8) is 0 Å². The topological polar surface area (TPSA) is 108 Å². The number of quaternary nitrogens is 1. The lowest BCUT2D eigenvalue weighted by atomic mass is 10.1. The van der Waals surface area contributed by atoms with E-state index in [9.17, 15) is 19.0 Å². The zero-order valence-electron chi connectivity index (χ0n) is 22.8. The minimum absolute atomic E-state index is 0.0345. The van der Waals surface area contributed by atoms with Crippen molar-refractivity contribution < 1.29 is 42.1 Å². The summed E-state index contributed by atoms with van der Waals surface area (Å²) < 4.78 is 33.5. The first-order valence-corrected chi connectivity index (χ1v) is 14.8. The third-order valence-electron chi connectivity index (χ3n) is 5.39. The summed E-state index contributed by atoms with van der Waals surface area (Å²) in [6, 6.07) is 0. The van der Waals surface area contributed by atoms with Crippen molar-refractivity contribution in [2.75, 3.05) is 47.5 Å². The first-order valence-electron chi connectivity index (χ1n) is 13.3. The van der Waals surface area contributed by atoms with E-state index in [-0.39, 0.29) is 32.0 Å². The number of esters is 2. The van der Waals surface area contributed by atoms with Gasteiger partial charge in [-0.25, -0.2) is 4.57 Å². The van der Waals surface area contributed by atoms with Gasteiger partial charge in [-0.2, -0.15) is 0 Å². The van der Waals surface area contributed by atoms with E-state index in [0.717, 1.165) is 57.8 Å². The summed E-state index contributed by atoms with van der Waals surface area (Å²) in [5, 5.41) is 0. The third-order valence-corrected chi connectivity index (χ3v) is 6.37. The number of phosphoric ester groups is 1. The lowest BCUT2D eigenvalue weighted by Gasteiger charge is -2.24. The number of carbonyl (C=O) groups excluding carboxylic acids is 2. The van der Waals surface area contributed by atoms with Gasteiger partial charge in [0.15, 0.2) is 6.10 Å². The Morgan fingerprint density at radius 3 is 1.83 bits per heavy atom. The second-order valence-electron chi connectivity index (χ2n) is 10.1. The van der Waals surface area contributed by atoms with E-state index in [1.54, 1.807) is 0 Å². The number of ether oxygens (including phenoxy) is 2. The van der Waals surface area contributed by atoms with Crippen molar-refractivity contribution in [1.82, 2.24) is 0 Å². The first kappa shape index (κ1) is 34.0. The summed E-state index contributed by atoms with van der Waals surface area (Å²) in [4.78, 5) is 34.3. The van der Waals surface area contributed by atoms with E-state index < -0.39 is 26.5 Å². The highest BCUT2D eigenvalue weighted by Gasteiger charge is 2.27. The Kier molecular flexibility index (Phi) is 19.5. The van der Waals surface area contributed by atoms with Gasteiger partial charge >= 0.3 is 19.8 Å². The molecule has 0 aromatic heterocycles. The molecule has 208 valence electrons. The average molecular weight is 525 g/mol. The van der Waals surface area contributed by atoms with Crippen LogP contribution < -0.4 is 0 Å². The summed E-state index contributed by atoms with van der Waals surface area (Å²) in [6.07, 6.45) is 10.8. The second-order valence-corrected chi connectivity index (χ2v) is 11.5. The molecule has 0 heterocycles. The zero-order chi connectivity index (χ0) is 26.6. The van der Waals surface area contributed by atoms with Crippen molar-refractivity contribution >= 4 is 19.8 Å². The maximum absolute atomic E-state index is 12.3. The molecule has 0 bridgehead atoms. The van der Waals surface area contributed by atoms with Crippen LogP contribution in [0.15, 0.2) is 0 Å². The van der Waals surface area contributed by atoms with Crippen LogP contribution in [-0.2, 0) is 32.7 Å². The molecule has 0 saturated carbocycles. The fraction of sp³-hybridized carbons (Fsp3) is 0.920. The molecule has 0 aliphatic rings. The van der Waals surface area contributed by atoms with E-state index in [2.05, 4.69) is 13.8 Å². The number of hydrogen-bond donors (Lipinski definition) is 1. The molecule has 10 heteroatoms. The highest BCUT2D eigenvalue weighted by Crippen LogP contribution is 2.43. The van der Waals surface area contributed by atoms with Crippen molar-refractivity contribution in [3.8, 4) is 0 Å². The molecule has 0 aliphatic carbocycles. The molecule has 0 aliphatic heterocycles. The molecule has 0 fully saturated rings. The first-order chi connectivity index (χ1) is 16.5. The molecule has 9 nitrogen and oxygen atoms in total. The summed E-state index contributed by atoms with van der Waals surface area (Å²) in [5.74, 6) is -0.826. The number of rotatable bonds is 23. The van der Waals surface area contributed by atoms with Crippen LogP contribution in [0, 0.1) is 0 Å². The summed E-state index contributed by atoms with van der Waals surface area (Å²) in [7, 11) is 1.47. The van der Waals surface area contributed by atoms with Gasteiger partial charge < -0.3 is 18.9 Å². The monoisotopic (exact) mass is 524 g/mol. The Balaban J connectivity index is 4.62. The number of likely N-dealkylation sites (N-methyl/N-ethyl adjacent to an activating group) is 1. The number of unbranched alkanes of at least 4 members (excludes halogenated alkanes) is 9. The maximum atomic E-state index is 12.3. The normalized spacial score (nSPS) is 14.3. The van der Waals surface area contributed by atoms with Crippen LogP contribution in [0.4, 0.5) is 0 Å². The lowest BCUT2D eigenvalue weighted by Crippen LogP contribution is -2.37. The van der Waals surface area contributed by atoms with E-state index >= 15 is 0 Å². The van der Waals surface area contributed by atoms with Crippen molar-refractivity contribution in [3.05, 3.63) is 0 Å². The quantitative estimate of drug-likeness (QED) is 0.0820. The van der Waals surface area contributed by atoms with Crippen molar-refractivity contribution in [2.24, 2.45) is 0 Å². The Hall–Kier alpha value is -0.990. The minimum atomic E-state index is -4.33. The predicted molar refractivity (Wildman–Crippen MR) is 137 cm³/mol. The molecule has 0 spiro atoms. The third kappa shape index (κ3) is 23.2. The fourth-order valence-corrected chi connectivity index (χ4v) is 3.93. The molecule has 2 atom stereocenters. The smallest absolute Gasteiger partial charge is 0.462 e. The second kappa shape index (κ2) is 20.1. The van der Waals surface area contributed by atoms with Crippen LogP contribution in [0.1, 0.15) is 97.3 Å². The SMILES string of the molecule is CCCCCCCCC(=O)O[C@@H](COC(=O)CCCCCCC)COP(=O)(O)OCC[N+](C)(C)C. The Bertz CT molecular complexity index is 609. The average Bonchev–Trinajstić information content (AvgIpc) is 2.76. The molecular formula is C25H51NO8P+. The predicted octanol–water partition coefficient (Wildman–Crippen LogP) is 5.39. The molecule has 1 N–H and O–H groups in total. The molecule has 0 radical (unpaired) electrons. The van der Waals surface area contributed by atoms with E-state index in [0.29, 0.717) is 17.4 Å².